The van der Waals surface area contributed by atoms with E-state index in [2.05, 4.69) is 179 Å². The minimum absolute atomic E-state index is 1.16. The molecule has 9 aromatic rings. The Bertz CT molecular complexity index is 2470. The van der Waals surface area contributed by atoms with E-state index < -0.39 is 0 Å². The molecular weight excluding hydrogens is 532 g/mol. The number of aromatic nitrogens is 2. The highest BCUT2D eigenvalue weighted by molar-refractivity contribution is 6.12. The van der Waals surface area contributed by atoms with E-state index in [1.54, 1.807) is 0 Å². The van der Waals surface area contributed by atoms with Crippen LogP contribution in [0.25, 0.3) is 77.2 Å². The summed E-state index contributed by atoms with van der Waals surface area (Å²) in [5.41, 5.74) is 12.1. The van der Waals surface area contributed by atoms with Gasteiger partial charge in [-0.2, -0.15) is 0 Å². The summed E-state index contributed by atoms with van der Waals surface area (Å²) in [5.74, 6) is 0. The quantitative estimate of drug-likeness (QED) is 0.203. The van der Waals surface area contributed by atoms with Gasteiger partial charge in [0.05, 0.1) is 22.1 Å². The van der Waals surface area contributed by atoms with Crippen LogP contribution in [0, 0.1) is 0 Å². The van der Waals surface area contributed by atoms with E-state index >= 15 is 0 Å². The summed E-state index contributed by atoms with van der Waals surface area (Å²) in [6.07, 6.45) is 0. The lowest BCUT2D eigenvalue weighted by Crippen LogP contribution is -1.94. The first-order chi connectivity index (χ1) is 21.8. The van der Waals surface area contributed by atoms with Crippen molar-refractivity contribution < 1.29 is 0 Å². The molecule has 0 saturated heterocycles. The summed E-state index contributed by atoms with van der Waals surface area (Å²) in [5, 5.41) is 5.05. The molecule has 0 aliphatic carbocycles. The first kappa shape index (κ1) is 24.7. The Labute approximate surface area is 255 Å². The zero-order valence-electron chi connectivity index (χ0n) is 24.1. The number of rotatable bonds is 4. The van der Waals surface area contributed by atoms with Gasteiger partial charge in [0.15, 0.2) is 0 Å². The summed E-state index contributed by atoms with van der Waals surface area (Å²) in [6, 6.07) is 61.4. The molecule has 0 saturated carbocycles. The fourth-order valence-electron chi connectivity index (χ4n) is 6.87. The molecule has 0 N–H and O–H groups in total. The lowest BCUT2D eigenvalue weighted by Gasteiger charge is -2.10. The number of benzene rings is 7. The van der Waals surface area contributed by atoms with Crippen molar-refractivity contribution in [1.82, 2.24) is 9.13 Å². The van der Waals surface area contributed by atoms with Crippen molar-refractivity contribution in [2.75, 3.05) is 0 Å². The van der Waals surface area contributed by atoms with Gasteiger partial charge >= 0.3 is 0 Å². The van der Waals surface area contributed by atoms with Crippen molar-refractivity contribution in [2.45, 2.75) is 0 Å². The van der Waals surface area contributed by atoms with Gasteiger partial charge in [-0.05, 0) is 76.9 Å². The van der Waals surface area contributed by atoms with Gasteiger partial charge in [-0.1, -0.05) is 115 Å². The van der Waals surface area contributed by atoms with Crippen LogP contribution >= 0.6 is 0 Å². The molecular formula is C42H28N2. The maximum absolute atomic E-state index is 2.41. The first-order valence-corrected chi connectivity index (χ1v) is 15.1. The lowest BCUT2D eigenvalue weighted by atomic mass is 10.0. The average molecular weight is 561 g/mol. The molecule has 9 rings (SSSR count). The summed E-state index contributed by atoms with van der Waals surface area (Å²) in [7, 11) is 0. The molecule has 206 valence electrons. The van der Waals surface area contributed by atoms with E-state index in [9.17, 15) is 0 Å². The van der Waals surface area contributed by atoms with Gasteiger partial charge < -0.3 is 9.13 Å². The SMILES string of the molecule is c1ccc(-c2ccc3c(c2)c2ccc(-c4ccc5c6ccccc6n(-c6ccccc6)c5c4)cc2n3-c2ccccc2)cc1. The van der Waals surface area contributed by atoms with E-state index in [4.69, 9.17) is 0 Å². The second-order valence-electron chi connectivity index (χ2n) is 11.4. The fraction of sp³-hybridized carbons (Fsp3) is 0. The van der Waals surface area contributed by atoms with E-state index in [0.717, 1.165) is 5.69 Å². The van der Waals surface area contributed by atoms with Gasteiger partial charge in [0.1, 0.15) is 0 Å². The maximum Gasteiger partial charge on any atom is 0.0547 e. The highest BCUT2D eigenvalue weighted by atomic mass is 15.0. The van der Waals surface area contributed by atoms with Crippen LogP contribution in [0.1, 0.15) is 0 Å². The summed E-state index contributed by atoms with van der Waals surface area (Å²) in [4.78, 5) is 0. The number of hydrogen-bond acceptors (Lipinski definition) is 0. The monoisotopic (exact) mass is 560 g/mol. The molecule has 0 aliphatic rings. The van der Waals surface area contributed by atoms with E-state index in [1.165, 1.54) is 71.6 Å². The largest absolute Gasteiger partial charge is 0.309 e. The van der Waals surface area contributed by atoms with Crippen molar-refractivity contribution in [3.05, 3.63) is 170 Å². The molecule has 2 nitrogen and oxygen atoms in total. The second-order valence-corrected chi connectivity index (χ2v) is 11.4. The molecule has 0 atom stereocenters. The highest BCUT2D eigenvalue weighted by Gasteiger charge is 2.16. The van der Waals surface area contributed by atoms with Crippen LogP contribution in [0.2, 0.25) is 0 Å². The second kappa shape index (κ2) is 9.86. The van der Waals surface area contributed by atoms with Crippen LogP contribution in [-0.4, -0.2) is 9.13 Å². The highest BCUT2D eigenvalue weighted by Crippen LogP contribution is 2.39. The third-order valence-electron chi connectivity index (χ3n) is 8.91. The zero-order chi connectivity index (χ0) is 29.0. The summed E-state index contributed by atoms with van der Waals surface area (Å²) < 4.78 is 4.79. The molecule has 0 amide bonds. The Morgan fingerprint density at radius 1 is 0.250 bits per heavy atom. The Morgan fingerprint density at radius 2 is 0.682 bits per heavy atom. The Hall–Kier alpha value is -5.86. The number of para-hydroxylation sites is 3. The molecule has 44 heavy (non-hydrogen) atoms. The van der Waals surface area contributed by atoms with E-state index in [-0.39, 0.29) is 0 Å². The molecule has 0 spiro atoms. The molecule has 2 aromatic heterocycles. The van der Waals surface area contributed by atoms with Crippen LogP contribution in [-0.2, 0) is 0 Å². The van der Waals surface area contributed by atoms with Crippen LogP contribution in [0.3, 0.4) is 0 Å². The normalized spacial score (nSPS) is 11.6. The van der Waals surface area contributed by atoms with Gasteiger partial charge in [0, 0.05) is 32.9 Å². The third kappa shape index (κ3) is 3.82. The lowest BCUT2D eigenvalue weighted by molar-refractivity contribution is 1.18. The fourth-order valence-corrected chi connectivity index (χ4v) is 6.87. The number of hydrogen-bond donors (Lipinski definition) is 0. The van der Waals surface area contributed by atoms with Crippen LogP contribution in [0.5, 0.6) is 0 Å². The Morgan fingerprint density at radius 3 is 1.30 bits per heavy atom. The average Bonchev–Trinajstić information content (AvgIpc) is 3.61. The molecule has 2 heteroatoms. The van der Waals surface area contributed by atoms with Crippen molar-refractivity contribution >= 4 is 43.6 Å². The molecule has 0 aliphatic heterocycles. The van der Waals surface area contributed by atoms with Gasteiger partial charge in [0.2, 0.25) is 0 Å². The number of nitrogens with zero attached hydrogens (tertiary/aromatic N) is 2. The minimum atomic E-state index is 1.16. The van der Waals surface area contributed by atoms with Gasteiger partial charge in [0.25, 0.3) is 0 Å². The molecule has 2 heterocycles. The first-order valence-electron chi connectivity index (χ1n) is 15.1. The topological polar surface area (TPSA) is 9.86 Å². The van der Waals surface area contributed by atoms with Crippen molar-refractivity contribution in [2.24, 2.45) is 0 Å². The predicted octanol–water partition coefficient (Wildman–Crippen LogP) is 11.2. The standard InChI is InChI=1S/C42H28N2/c1-4-12-29(13-5-1)30-22-25-40-38(26-30)37-24-21-32(28-42(37)44(40)34-16-8-3-9-17-34)31-20-23-36-35-18-10-11-19-39(35)43(41(36)27-31)33-14-6-2-7-15-33/h1-28H. The number of fused-ring (bicyclic) bond motifs is 6. The Balaban J connectivity index is 1.29. The van der Waals surface area contributed by atoms with Crippen molar-refractivity contribution in [1.29, 1.82) is 0 Å². The smallest absolute Gasteiger partial charge is 0.0547 e. The van der Waals surface area contributed by atoms with Crippen LogP contribution in [0.15, 0.2) is 170 Å². The predicted molar refractivity (Wildman–Crippen MR) is 186 cm³/mol. The van der Waals surface area contributed by atoms with E-state index in [0.29, 0.717) is 0 Å². The maximum atomic E-state index is 2.41. The Kier molecular flexibility index (Phi) is 5.54. The summed E-state index contributed by atoms with van der Waals surface area (Å²) >= 11 is 0. The van der Waals surface area contributed by atoms with E-state index in [1.807, 2.05) is 0 Å². The molecule has 0 unspecified atom stereocenters. The minimum Gasteiger partial charge on any atom is -0.309 e. The molecule has 7 aromatic carbocycles. The molecule has 0 radical (unpaired) electrons. The van der Waals surface area contributed by atoms with Gasteiger partial charge in [-0.15, -0.1) is 0 Å². The summed E-state index contributed by atoms with van der Waals surface area (Å²) in [6.45, 7) is 0. The molecule has 0 bridgehead atoms. The zero-order valence-corrected chi connectivity index (χ0v) is 24.1. The third-order valence-corrected chi connectivity index (χ3v) is 8.91. The van der Waals surface area contributed by atoms with Crippen molar-refractivity contribution in [3.8, 4) is 33.6 Å². The van der Waals surface area contributed by atoms with Crippen LogP contribution in [0.4, 0.5) is 0 Å². The van der Waals surface area contributed by atoms with Gasteiger partial charge in [-0.25, -0.2) is 0 Å². The van der Waals surface area contributed by atoms with Gasteiger partial charge in [-0.3, -0.25) is 0 Å². The van der Waals surface area contributed by atoms with Crippen molar-refractivity contribution in [3.63, 3.8) is 0 Å². The molecule has 0 fully saturated rings. The van der Waals surface area contributed by atoms with Crippen LogP contribution < -0.4 is 0 Å².